The predicted molar refractivity (Wildman–Crippen MR) is 201 cm³/mol. The van der Waals surface area contributed by atoms with E-state index in [-0.39, 0.29) is 43.5 Å². The van der Waals surface area contributed by atoms with E-state index in [1.165, 1.54) is 60.3 Å². The van der Waals surface area contributed by atoms with Gasteiger partial charge in [-0.3, -0.25) is 4.79 Å². The van der Waals surface area contributed by atoms with E-state index >= 15 is 0 Å². The van der Waals surface area contributed by atoms with Gasteiger partial charge in [0.2, 0.25) is 0 Å². The van der Waals surface area contributed by atoms with Gasteiger partial charge in [-0.2, -0.15) is 0 Å². The first-order chi connectivity index (χ1) is 22.8. The van der Waals surface area contributed by atoms with Gasteiger partial charge in [-0.25, -0.2) is 0 Å². The van der Waals surface area contributed by atoms with Crippen LogP contribution in [0.3, 0.4) is 0 Å². The van der Waals surface area contributed by atoms with Crippen LogP contribution in [0.15, 0.2) is 103 Å². The number of aliphatic hydroxyl groups is 1. The molecule has 0 saturated heterocycles. The molecule has 0 spiro atoms. The van der Waals surface area contributed by atoms with Gasteiger partial charge in [0.15, 0.2) is 5.78 Å². The Balaban J connectivity index is 0.000000243. The molecule has 6 aromatic rings. The fourth-order valence-corrected chi connectivity index (χ4v) is 10.9. The number of pyridine rings is 1. The molecule has 4 aromatic carbocycles. The molecular weight excluding hydrogens is 785 g/mol. The quantitative estimate of drug-likeness (QED) is 0.0720. The summed E-state index contributed by atoms with van der Waals surface area (Å²) in [6.45, 7) is 13.0. The van der Waals surface area contributed by atoms with Crippen LogP contribution in [0.4, 0.5) is 0 Å². The number of ketones is 1. The van der Waals surface area contributed by atoms with Gasteiger partial charge in [-0.15, -0.1) is 22.9 Å². The molecule has 1 N–H and O–H groups in total. The number of aliphatic hydroxyl groups excluding tert-OH is 1. The number of carbonyl (C=O) groups excluding carboxylic acids is 1. The molecule has 1 radical (unpaired) electrons. The normalized spacial score (nSPS) is 13.4. The van der Waals surface area contributed by atoms with Gasteiger partial charge in [-0.05, 0) is 66.4 Å². The van der Waals surface area contributed by atoms with Crippen molar-refractivity contribution < 1.29 is 30.0 Å². The molecular formula is C42H45IrN2O2Si-. The molecule has 6 heteroatoms. The third-order valence-corrected chi connectivity index (χ3v) is 13.7. The van der Waals surface area contributed by atoms with E-state index < -0.39 is 8.07 Å². The van der Waals surface area contributed by atoms with Crippen molar-refractivity contribution in [2.75, 3.05) is 0 Å². The summed E-state index contributed by atoms with van der Waals surface area (Å²) in [5.74, 6) is 0.547. The van der Waals surface area contributed by atoms with Crippen molar-refractivity contribution in [3.8, 4) is 16.9 Å². The van der Waals surface area contributed by atoms with Gasteiger partial charge in [0.1, 0.15) is 0 Å². The molecule has 2 aromatic heterocycles. The Kier molecular flexibility index (Phi) is 10.9. The van der Waals surface area contributed by atoms with E-state index in [0.717, 1.165) is 31.4 Å². The Morgan fingerprint density at radius 3 is 2.17 bits per heavy atom. The van der Waals surface area contributed by atoms with Crippen LogP contribution in [-0.4, -0.2) is 28.5 Å². The predicted octanol–water partition coefficient (Wildman–Crippen LogP) is 9.80. The summed E-state index contributed by atoms with van der Waals surface area (Å²) in [7, 11) is -2.07. The molecule has 0 saturated carbocycles. The first-order valence-electron chi connectivity index (χ1n) is 17.1. The second-order valence-electron chi connectivity index (χ2n) is 13.2. The van der Waals surface area contributed by atoms with Gasteiger partial charge in [-0.1, -0.05) is 111 Å². The van der Waals surface area contributed by atoms with Crippen molar-refractivity contribution in [3.05, 3.63) is 109 Å². The second kappa shape index (κ2) is 14.7. The number of aromatic nitrogens is 2. The second-order valence-corrected chi connectivity index (χ2v) is 17.5. The SMILES string of the molecule is CCC(CC)C(=O)/C=C(\O)C(CC)CC.C[Si]1(C)c2c([c-]cc3ccccc23)-c2nccc3c2c2c1cccc2n3-c1ccccc1.[Ir]. The number of fused-ring (bicyclic) bond motifs is 4. The van der Waals surface area contributed by atoms with E-state index in [9.17, 15) is 9.90 Å². The average molecular weight is 830 g/mol. The van der Waals surface area contributed by atoms with Crippen LogP contribution in [0.2, 0.25) is 13.1 Å². The van der Waals surface area contributed by atoms with Crippen LogP contribution >= 0.6 is 0 Å². The summed E-state index contributed by atoms with van der Waals surface area (Å²) in [5.41, 5.74) is 5.89. The summed E-state index contributed by atoms with van der Waals surface area (Å²) in [6.07, 6.45) is 6.87. The van der Waals surface area contributed by atoms with E-state index in [4.69, 9.17) is 4.98 Å². The standard InChI is InChI=1S/C29H21N2Si.C13H24O2.Ir/c1-32(2)25-14-8-13-23-26(25)27-24(31(23)20-10-4-3-5-11-20)17-18-30-28(27)22-16-15-19-9-6-7-12-21(19)29(22)32;1-5-10(6-2)12(14)9-13(15)11(7-3)8-4;/h3-15,17-18H,1-2H3;9-11,14H,5-8H2,1-4H3;/q-1;;/b;12-9-;. The van der Waals surface area contributed by atoms with E-state index in [1.54, 1.807) is 0 Å². The van der Waals surface area contributed by atoms with Gasteiger partial charge >= 0.3 is 0 Å². The first-order valence-corrected chi connectivity index (χ1v) is 20.1. The van der Waals surface area contributed by atoms with E-state index in [1.807, 2.05) is 33.9 Å². The summed E-state index contributed by atoms with van der Waals surface area (Å²) < 4.78 is 2.40. The molecule has 1 aliphatic rings. The zero-order valence-electron chi connectivity index (χ0n) is 28.8. The van der Waals surface area contributed by atoms with E-state index in [2.05, 4.69) is 109 Å². The number of nitrogens with zero attached hydrogens (tertiary/aromatic N) is 2. The van der Waals surface area contributed by atoms with Gasteiger partial charge in [0.25, 0.3) is 0 Å². The zero-order valence-corrected chi connectivity index (χ0v) is 32.2. The van der Waals surface area contributed by atoms with Crippen molar-refractivity contribution in [1.82, 2.24) is 9.55 Å². The molecule has 3 heterocycles. The minimum Gasteiger partial charge on any atom is -0.512 e. The average Bonchev–Trinajstić information content (AvgIpc) is 3.40. The third-order valence-electron chi connectivity index (χ3n) is 10.2. The summed E-state index contributed by atoms with van der Waals surface area (Å²) >= 11 is 0. The maximum absolute atomic E-state index is 11.7. The number of carbonyl (C=O) groups is 1. The van der Waals surface area contributed by atoms with Crippen LogP contribution < -0.4 is 10.4 Å². The van der Waals surface area contributed by atoms with Crippen molar-refractivity contribution in [1.29, 1.82) is 0 Å². The van der Waals surface area contributed by atoms with Crippen molar-refractivity contribution in [3.63, 3.8) is 0 Å². The number of allylic oxidation sites excluding steroid dienone is 2. The zero-order chi connectivity index (χ0) is 33.3. The molecule has 1 aliphatic heterocycles. The Hall–Kier alpha value is -3.83. The van der Waals surface area contributed by atoms with Gasteiger partial charge < -0.3 is 14.7 Å². The maximum atomic E-state index is 11.7. The third kappa shape index (κ3) is 6.11. The fourth-order valence-electron chi connectivity index (χ4n) is 7.53. The molecule has 0 unspecified atom stereocenters. The molecule has 7 rings (SSSR count). The molecule has 0 amide bonds. The van der Waals surface area contributed by atoms with Crippen molar-refractivity contribution in [2.45, 2.75) is 66.5 Å². The van der Waals surface area contributed by atoms with Gasteiger partial charge in [0, 0.05) is 55.4 Å². The number of para-hydroxylation sites is 1. The number of hydrogen-bond acceptors (Lipinski definition) is 3. The Morgan fingerprint density at radius 1 is 0.833 bits per heavy atom. The Morgan fingerprint density at radius 2 is 1.48 bits per heavy atom. The van der Waals surface area contributed by atoms with Crippen molar-refractivity contribution >= 4 is 56.8 Å². The molecule has 249 valence electrons. The van der Waals surface area contributed by atoms with E-state index in [0.29, 0.717) is 0 Å². The van der Waals surface area contributed by atoms with Crippen LogP contribution in [0.1, 0.15) is 53.4 Å². The van der Waals surface area contributed by atoms with Gasteiger partial charge in [0.05, 0.1) is 19.3 Å². The van der Waals surface area contributed by atoms with Crippen LogP contribution in [-0.2, 0) is 24.9 Å². The number of rotatable bonds is 8. The molecule has 4 nitrogen and oxygen atoms in total. The summed E-state index contributed by atoms with van der Waals surface area (Å²) in [6, 6.07) is 34.3. The van der Waals surface area contributed by atoms with Crippen LogP contribution in [0.5, 0.6) is 0 Å². The van der Waals surface area contributed by atoms with Crippen LogP contribution in [0, 0.1) is 17.9 Å². The molecule has 48 heavy (non-hydrogen) atoms. The first kappa shape index (κ1) is 35.5. The Bertz CT molecular complexity index is 2110. The molecule has 0 fully saturated rings. The summed E-state index contributed by atoms with van der Waals surface area (Å²) in [4.78, 5) is 16.7. The number of benzene rings is 4. The number of hydrogen-bond donors (Lipinski definition) is 1. The molecule has 0 aliphatic carbocycles. The van der Waals surface area contributed by atoms with Crippen molar-refractivity contribution in [2.24, 2.45) is 11.8 Å². The monoisotopic (exact) mass is 830 g/mol. The smallest absolute Gasteiger partial charge is 0.162 e. The topological polar surface area (TPSA) is 55.1 Å². The minimum atomic E-state index is -2.07. The Labute approximate surface area is 299 Å². The van der Waals surface area contributed by atoms with Crippen LogP contribution in [0.25, 0.3) is 49.5 Å². The summed E-state index contributed by atoms with van der Waals surface area (Å²) in [5, 5.41) is 17.9. The fraction of sp³-hybridized carbons (Fsp3) is 0.286. The minimum absolute atomic E-state index is 0. The molecule has 0 atom stereocenters. The molecule has 0 bridgehead atoms. The maximum Gasteiger partial charge on any atom is 0.162 e. The largest absolute Gasteiger partial charge is 0.512 e.